The Labute approximate surface area is 84.2 Å². The van der Waals surface area contributed by atoms with Gasteiger partial charge in [-0.25, -0.2) is 0 Å². The first kappa shape index (κ1) is 10.5. The van der Waals surface area contributed by atoms with Crippen molar-refractivity contribution in [1.29, 1.82) is 0 Å². The minimum absolute atomic E-state index is 0.669. The molecule has 0 N–H and O–H groups in total. The van der Waals surface area contributed by atoms with E-state index in [1.54, 1.807) is 7.11 Å². The van der Waals surface area contributed by atoms with E-state index in [1.807, 2.05) is 37.3 Å². The predicted octanol–water partition coefficient (Wildman–Crippen LogP) is 2.59. The Balaban J connectivity index is 2.90. The van der Waals surface area contributed by atoms with Crippen LogP contribution in [0.15, 0.2) is 36.1 Å². The molecule has 2 nitrogen and oxygen atoms in total. The van der Waals surface area contributed by atoms with E-state index in [9.17, 15) is 4.79 Å². The molecule has 0 unspecified atom stereocenters. The normalized spacial score (nSPS) is 11.1. The summed E-state index contributed by atoms with van der Waals surface area (Å²) in [7, 11) is 1.64. The molecular formula is C12H14O2. The molecule has 0 saturated carbocycles. The lowest BCUT2D eigenvalue weighted by Crippen LogP contribution is -1.97. The van der Waals surface area contributed by atoms with Gasteiger partial charge < -0.3 is 4.74 Å². The van der Waals surface area contributed by atoms with E-state index in [4.69, 9.17) is 4.74 Å². The lowest BCUT2D eigenvalue weighted by Gasteiger charge is -2.07. The molecule has 14 heavy (non-hydrogen) atoms. The molecule has 74 valence electrons. The van der Waals surface area contributed by atoms with Crippen molar-refractivity contribution in [2.24, 2.45) is 0 Å². The van der Waals surface area contributed by atoms with Crippen LogP contribution < -0.4 is 0 Å². The number of carbonyl (C=O) groups is 1. The van der Waals surface area contributed by atoms with E-state index in [1.165, 1.54) is 0 Å². The Kier molecular flexibility index (Phi) is 3.92. The minimum Gasteiger partial charge on any atom is -0.501 e. The molecule has 0 amide bonds. The fourth-order valence-corrected chi connectivity index (χ4v) is 1.29. The monoisotopic (exact) mass is 190 g/mol. The number of carbonyl (C=O) groups excluding carboxylic acids is 1. The zero-order valence-corrected chi connectivity index (χ0v) is 8.49. The van der Waals surface area contributed by atoms with Crippen molar-refractivity contribution in [3.8, 4) is 0 Å². The Morgan fingerprint density at radius 3 is 2.71 bits per heavy atom. The summed E-state index contributed by atoms with van der Waals surface area (Å²) in [6.45, 7) is 1.92. The van der Waals surface area contributed by atoms with Gasteiger partial charge in [0, 0.05) is 12.0 Å². The van der Waals surface area contributed by atoms with Crippen LogP contribution >= 0.6 is 0 Å². The lowest BCUT2D eigenvalue weighted by atomic mass is 10.0. The van der Waals surface area contributed by atoms with Crippen molar-refractivity contribution >= 4 is 6.29 Å². The molecule has 1 rings (SSSR count). The highest BCUT2D eigenvalue weighted by Gasteiger charge is 2.02. The molecule has 0 aliphatic rings. The molecule has 0 aliphatic heterocycles. The molecule has 0 spiro atoms. The van der Waals surface area contributed by atoms with Gasteiger partial charge in [0.25, 0.3) is 0 Å². The fraction of sp³-hybridized carbons (Fsp3) is 0.250. The molecule has 1 aromatic carbocycles. The Hall–Kier alpha value is -1.57. The summed E-state index contributed by atoms with van der Waals surface area (Å²) in [5.74, 6) is 0.874. The van der Waals surface area contributed by atoms with Crippen molar-refractivity contribution in [3.63, 3.8) is 0 Å². The van der Waals surface area contributed by atoms with Gasteiger partial charge in [0.15, 0.2) is 0 Å². The van der Waals surface area contributed by atoms with Crippen LogP contribution in [0.3, 0.4) is 0 Å². The van der Waals surface area contributed by atoms with Crippen LogP contribution in [-0.4, -0.2) is 13.4 Å². The molecular weight excluding hydrogens is 176 g/mol. The van der Waals surface area contributed by atoms with Crippen molar-refractivity contribution in [2.45, 2.75) is 13.3 Å². The van der Waals surface area contributed by atoms with Gasteiger partial charge in [-0.3, -0.25) is 4.79 Å². The molecule has 0 saturated heterocycles. The van der Waals surface area contributed by atoms with Crippen LogP contribution in [0, 0.1) is 0 Å². The standard InChI is InChI=1S/C12H14O2/c1-3-12(14-2)8-10-6-4-5-7-11(10)9-13/h3-7,9H,8H2,1-2H3. The highest BCUT2D eigenvalue weighted by atomic mass is 16.5. The maximum absolute atomic E-state index is 10.7. The van der Waals surface area contributed by atoms with E-state index in [2.05, 4.69) is 0 Å². The summed E-state index contributed by atoms with van der Waals surface area (Å²) in [4.78, 5) is 10.7. The molecule has 0 bridgehead atoms. The van der Waals surface area contributed by atoms with Crippen LogP contribution in [0.1, 0.15) is 22.8 Å². The molecule has 1 aromatic rings. The van der Waals surface area contributed by atoms with Gasteiger partial charge in [0.2, 0.25) is 0 Å². The summed E-state index contributed by atoms with van der Waals surface area (Å²) < 4.78 is 5.15. The second kappa shape index (κ2) is 5.22. The summed E-state index contributed by atoms with van der Waals surface area (Å²) in [6.07, 6.45) is 3.45. The largest absolute Gasteiger partial charge is 0.501 e. The maximum atomic E-state index is 10.7. The first-order valence-electron chi connectivity index (χ1n) is 4.54. The Bertz CT molecular complexity index is 340. The zero-order valence-electron chi connectivity index (χ0n) is 8.49. The zero-order chi connectivity index (χ0) is 10.4. The average Bonchev–Trinajstić information content (AvgIpc) is 2.26. The highest BCUT2D eigenvalue weighted by molar-refractivity contribution is 5.77. The van der Waals surface area contributed by atoms with Gasteiger partial charge in [-0.2, -0.15) is 0 Å². The number of hydrogen-bond donors (Lipinski definition) is 0. The van der Waals surface area contributed by atoms with E-state index in [0.717, 1.165) is 23.2 Å². The topological polar surface area (TPSA) is 26.3 Å². The van der Waals surface area contributed by atoms with Crippen LogP contribution in [0.2, 0.25) is 0 Å². The number of benzene rings is 1. The summed E-state index contributed by atoms with van der Waals surface area (Å²) in [5, 5.41) is 0. The summed E-state index contributed by atoms with van der Waals surface area (Å²) in [5.41, 5.74) is 1.72. The van der Waals surface area contributed by atoms with Gasteiger partial charge in [-0.1, -0.05) is 24.3 Å². The molecule has 0 fully saturated rings. The number of rotatable bonds is 4. The van der Waals surface area contributed by atoms with Gasteiger partial charge in [0.05, 0.1) is 12.9 Å². The van der Waals surface area contributed by atoms with Gasteiger partial charge in [-0.05, 0) is 18.6 Å². The quantitative estimate of drug-likeness (QED) is 0.539. The van der Waals surface area contributed by atoms with Crippen LogP contribution in [0.5, 0.6) is 0 Å². The van der Waals surface area contributed by atoms with E-state index in [0.29, 0.717) is 6.42 Å². The minimum atomic E-state index is 0.669. The summed E-state index contributed by atoms with van der Waals surface area (Å²) in [6, 6.07) is 7.53. The van der Waals surface area contributed by atoms with Gasteiger partial charge >= 0.3 is 0 Å². The van der Waals surface area contributed by atoms with Crippen molar-refractivity contribution in [2.75, 3.05) is 7.11 Å². The summed E-state index contributed by atoms with van der Waals surface area (Å²) >= 11 is 0. The van der Waals surface area contributed by atoms with Gasteiger partial charge in [0.1, 0.15) is 6.29 Å². The number of aldehydes is 1. The van der Waals surface area contributed by atoms with E-state index < -0.39 is 0 Å². The molecule has 2 heteroatoms. The molecule has 0 aliphatic carbocycles. The third kappa shape index (κ3) is 2.46. The number of allylic oxidation sites excluding steroid dienone is 2. The van der Waals surface area contributed by atoms with Crippen LogP contribution in [-0.2, 0) is 11.2 Å². The first-order chi connectivity index (χ1) is 6.81. The van der Waals surface area contributed by atoms with Crippen molar-refractivity contribution in [1.82, 2.24) is 0 Å². The molecule has 0 aromatic heterocycles. The SMILES string of the molecule is CC=C(Cc1ccccc1C=O)OC. The maximum Gasteiger partial charge on any atom is 0.150 e. The molecule has 0 radical (unpaired) electrons. The molecule has 0 heterocycles. The fourth-order valence-electron chi connectivity index (χ4n) is 1.29. The Morgan fingerprint density at radius 1 is 1.43 bits per heavy atom. The number of ether oxygens (including phenoxy) is 1. The average molecular weight is 190 g/mol. The van der Waals surface area contributed by atoms with Crippen LogP contribution in [0.25, 0.3) is 0 Å². The Morgan fingerprint density at radius 2 is 2.14 bits per heavy atom. The third-order valence-electron chi connectivity index (χ3n) is 2.13. The van der Waals surface area contributed by atoms with Crippen molar-refractivity contribution < 1.29 is 9.53 Å². The smallest absolute Gasteiger partial charge is 0.150 e. The van der Waals surface area contributed by atoms with E-state index in [-0.39, 0.29) is 0 Å². The van der Waals surface area contributed by atoms with Gasteiger partial charge in [-0.15, -0.1) is 0 Å². The lowest BCUT2D eigenvalue weighted by molar-refractivity contribution is 0.112. The number of hydrogen-bond acceptors (Lipinski definition) is 2. The first-order valence-corrected chi connectivity index (χ1v) is 4.54. The second-order valence-electron chi connectivity index (χ2n) is 2.95. The predicted molar refractivity (Wildman–Crippen MR) is 56.3 cm³/mol. The second-order valence-corrected chi connectivity index (χ2v) is 2.95. The van der Waals surface area contributed by atoms with Crippen molar-refractivity contribution in [3.05, 3.63) is 47.2 Å². The number of methoxy groups -OCH3 is 1. The molecule has 0 atom stereocenters. The van der Waals surface area contributed by atoms with Crippen LogP contribution in [0.4, 0.5) is 0 Å². The third-order valence-corrected chi connectivity index (χ3v) is 2.13. The van der Waals surface area contributed by atoms with E-state index >= 15 is 0 Å². The highest BCUT2D eigenvalue weighted by Crippen LogP contribution is 2.12.